The van der Waals surface area contributed by atoms with Crippen molar-refractivity contribution in [3.63, 3.8) is 0 Å². The fourth-order valence-electron chi connectivity index (χ4n) is 0.584. The van der Waals surface area contributed by atoms with Crippen LogP contribution in [-0.4, -0.2) is 4.98 Å². The molecule has 0 amide bonds. The SMILES string of the molecule is [2H]c1c(C(F)(F)F)nc(C)c(Br)c1[2H]. The molecule has 0 unspecified atom stereocenters. The Morgan fingerprint density at radius 1 is 1.50 bits per heavy atom. The van der Waals surface area contributed by atoms with Crippen molar-refractivity contribution < 1.29 is 15.9 Å². The zero-order valence-corrected chi connectivity index (χ0v) is 7.55. The van der Waals surface area contributed by atoms with Gasteiger partial charge in [-0.3, -0.25) is 0 Å². The summed E-state index contributed by atoms with van der Waals surface area (Å²) >= 11 is 2.89. The number of rotatable bonds is 0. The summed E-state index contributed by atoms with van der Waals surface area (Å²) in [6.45, 7) is 1.34. The Balaban J connectivity index is 3.49. The summed E-state index contributed by atoms with van der Waals surface area (Å²) in [7, 11) is 0. The molecule has 0 spiro atoms. The molecule has 1 aromatic heterocycles. The van der Waals surface area contributed by atoms with Crippen molar-refractivity contribution in [2.75, 3.05) is 0 Å². The molecule has 0 saturated carbocycles. The molecule has 0 atom stereocenters. The number of aromatic nitrogens is 1. The molecule has 1 heterocycles. The normalized spacial score (nSPS) is 14.1. The van der Waals surface area contributed by atoms with Gasteiger partial charge in [-0.05, 0) is 34.9 Å². The number of aryl methyl sites for hydroxylation is 1. The van der Waals surface area contributed by atoms with E-state index in [1.165, 1.54) is 6.92 Å². The largest absolute Gasteiger partial charge is 0.433 e. The highest BCUT2D eigenvalue weighted by molar-refractivity contribution is 9.10. The van der Waals surface area contributed by atoms with Crippen LogP contribution in [-0.2, 0) is 6.18 Å². The lowest BCUT2D eigenvalue weighted by molar-refractivity contribution is -0.141. The molecule has 0 fully saturated rings. The van der Waals surface area contributed by atoms with Crippen molar-refractivity contribution in [2.45, 2.75) is 13.1 Å². The first-order valence-electron chi connectivity index (χ1n) is 3.95. The van der Waals surface area contributed by atoms with E-state index in [1.54, 1.807) is 0 Å². The third kappa shape index (κ3) is 1.97. The molecule has 5 heteroatoms. The van der Waals surface area contributed by atoms with Crippen molar-refractivity contribution in [1.82, 2.24) is 4.98 Å². The van der Waals surface area contributed by atoms with Gasteiger partial charge in [-0.2, -0.15) is 13.2 Å². The Morgan fingerprint density at radius 3 is 2.58 bits per heavy atom. The van der Waals surface area contributed by atoms with Gasteiger partial charge in [-0.25, -0.2) is 4.98 Å². The molecule has 0 radical (unpaired) electrons. The second kappa shape index (κ2) is 3.05. The minimum atomic E-state index is -4.68. The van der Waals surface area contributed by atoms with Gasteiger partial charge >= 0.3 is 6.18 Å². The second-order valence-electron chi connectivity index (χ2n) is 2.11. The summed E-state index contributed by atoms with van der Waals surface area (Å²) in [5, 5.41) is 0. The van der Waals surface area contributed by atoms with Crippen molar-refractivity contribution in [3.8, 4) is 0 Å². The first kappa shape index (κ1) is 6.88. The van der Waals surface area contributed by atoms with E-state index in [0.29, 0.717) is 0 Å². The zero-order valence-electron chi connectivity index (χ0n) is 7.96. The van der Waals surface area contributed by atoms with E-state index < -0.39 is 24.0 Å². The van der Waals surface area contributed by atoms with Crippen LogP contribution < -0.4 is 0 Å². The number of hydrogen-bond donors (Lipinski definition) is 0. The quantitative estimate of drug-likeness (QED) is 0.680. The lowest BCUT2D eigenvalue weighted by atomic mass is 10.3. The Morgan fingerprint density at radius 2 is 2.08 bits per heavy atom. The van der Waals surface area contributed by atoms with Crippen LogP contribution in [0.3, 0.4) is 0 Å². The fraction of sp³-hybridized carbons (Fsp3) is 0.286. The molecule has 0 aliphatic rings. The van der Waals surface area contributed by atoms with Gasteiger partial charge in [0.05, 0.1) is 8.44 Å². The monoisotopic (exact) mass is 241 g/mol. The number of alkyl halides is 3. The molecule has 0 aliphatic heterocycles. The van der Waals surface area contributed by atoms with E-state index in [2.05, 4.69) is 20.9 Å². The molecule has 0 aromatic carbocycles. The molecule has 0 saturated heterocycles. The van der Waals surface area contributed by atoms with E-state index in [0.717, 1.165) is 0 Å². The third-order valence-corrected chi connectivity index (χ3v) is 1.93. The van der Waals surface area contributed by atoms with Crippen LogP contribution in [0.25, 0.3) is 0 Å². The standard InChI is InChI=1S/C7H5BrF3N/c1-4-5(8)2-3-6(12-4)7(9,10)11/h2-3H,1H3/i2D,3D. The fourth-order valence-corrected chi connectivity index (χ4v) is 0.771. The third-order valence-electron chi connectivity index (χ3n) is 1.16. The van der Waals surface area contributed by atoms with Gasteiger partial charge in [0.15, 0.2) is 0 Å². The molecule has 0 aliphatic carbocycles. The van der Waals surface area contributed by atoms with Crippen molar-refractivity contribution in [2.24, 2.45) is 0 Å². The second-order valence-corrected chi connectivity index (χ2v) is 2.90. The first-order chi connectivity index (χ1) is 6.25. The summed E-state index contributed by atoms with van der Waals surface area (Å²) in [6, 6.07) is -1.40. The predicted molar refractivity (Wildman–Crippen MR) is 41.7 cm³/mol. The summed E-state index contributed by atoms with van der Waals surface area (Å²) in [6.07, 6.45) is -4.68. The molecular formula is C7H5BrF3N. The lowest BCUT2D eigenvalue weighted by Gasteiger charge is -2.06. The molecule has 0 N–H and O–H groups in total. The minimum absolute atomic E-state index is 0.0540. The van der Waals surface area contributed by atoms with Crippen LogP contribution in [0.2, 0.25) is 0 Å². The Bertz CT molecular complexity index is 378. The van der Waals surface area contributed by atoms with Gasteiger partial charge in [-0.15, -0.1) is 0 Å². The summed E-state index contributed by atoms with van der Waals surface area (Å²) < 4.78 is 51.2. The molecule has 0 bridgehead atoms. The van der Waals surface area contributed by atoms with Crippen LogP contribution in [0.5, 0.6) is 0 Å². The van der Waals surface area contributed by atoms with E-state index >= 15 is 0 Å². The average Bonchev–Trinajstić information content (AvgIpc) is 2.06. The van der Waals surface area contributed by atoms with Crippen molar-refractivity contribution in [3.05, 3.63) is 27.9 Å². The number of halogens is 4. The molecule has 1 nitrogen and oxygen atoms in total. The zero-order chi connectivity index (χ0) is 11.1. The van der Waals surface area contributed by atoms with Gasteiger partial charge in [0.2, 0.25) is 0 Å². The first-order valence-corrected chi connectivity index (χ1v) is 3.75. The molecule has 66 valence electrons. The van der Waals surface area contributed by atoms with Gasteiger partial charge in [0.25, 0.3) is 0 Å². The highest BCUT2D eigenvalue weighted by Gasteiger charge is 2.32. The molecular weight excluding hydrogens is 235 g/mol. The Hall–Kier alpha value is -0.580. The molecule has 12 heavy (non-hydrogen) atoms. The van der Waals surface area contributed by atoms with E-state index in [-0.39, 0.29) is 10.2 Å². The van der Waals surface area contributed by atoms with Crippen LogP contribution >= 0.6 is 15.9 Å². The predicted octanol–water partition coefficient (Wildman–Crippen LogP) is 3.17. The smallest absolute Gasteiger partial charge is 0.247 e. The van der Waals surface area contributed by atoms with Crippen molar-refractivity contribution in [1.29, 1.82) is 0 Å². The van der Waals surface area contributed by atoms with E-state index in [1.807, 2.05) is 0 Å². The van der Waals surface area contributed by atoms with E-state index in [9.17, 15) is 13.2 Å². The topological polar surface area (TPSA) is 12.9 Å². The summed E-state index contributed by atoms with van der Waals surface area (Å²) in [5.41, 5.74) is -1.26. The highest BCUT2D eigenvalue weighted by atomic mass is 79.9. The lowest BCUT2D eigenvalue weighted by Crippen LogP contribution is -2.08. The number of nitrogens with zero attached hydrogens (tertiary/aromatic N) is 1. The number of pyridine rings is 1. The maximum atomic E-state index is 12.3. The molecule has 1 rings (SSSR count). The van der Waals surface area contributed by atoms with Gasteiger partial charge < -0.3 is 0 Å². The van der Waals surface area contributed by atoms with Crippen molar-refractivity contribution >= 4 is 15.9 Å². The van der Waals surface area contributed by atoms with Crippen LogP contribution in [0, 0.1) is 6.92 Å². The summed E-state index contributed by atoms with van der Waals surface area (Å²) in [5.74, 6) is 0. The van der Waals surface area contributed by atoms with E-state index in [4.69, 9.17) is 2.74 Å². The van der Waals surface area contributed by atoms with Crippen LogP contribution in [0.15, 0.2) is 16.6 Å². The Labute approximate surface area is 78.6 Å². The van der Waals surface area contributed by atoms with Gasteiger partial charge in [-0.1, -0.05) is 0 Å². The van der Waals surface area contributed by atoms with Crippen LogP contribution in [0.4, 0.5) is 13.2 Å². The number of hydrogen-bond acceptors (Lipinski definition) is 1. The maximum absolute atomic E-state index is 12.3. The summed E-state index contributed by atoms with van der Waals surface area (Å²) in [4.78, 5) is 3.22. The van der Waals surface area contributed by atoms with Gasteiger partial charge in [0.1, 0.15) is 5.69 Å². The Kier molecular flexibility index (Phi) is 1.75. The van der Waals surface area contributed by atoms with Crippen LogP contribution in [0.1, 0.15) is 14.1 Å². The molecule has 1 aromatic rings. The average molecular weight is 242 g/mol. The highest BCUT2D eigenvalue weighted by Crippen LogP contribution is 2.28. The minimum Gasteiger partial charge on any atom is -0.247 e. The van der Waals surface area contributed by atoms with Gasteiger partial charge in [0, 0.05) is 4.47 Å². The maximum Gasteiger partial charge on any atom is 0.433 e.